The molecule has 27 heavy (non-hydrogen) atoms. The Morgan fingerprint density at radius 3 is 2.26 bits per heavy atom. The van der Waals surface area contributed by atoms with Gasteiger partial charge < -0.3 is 15.2 Å². The van der Waals surface area contributed by atoms with E-state index in [1.54, 1.807) is 18.2 Å². The van der Waals surface area contributed by atoms with E-state index >= 15 is 0 Å². The van der Waals surface area contributed by atoms with Crippen LogP contribution in [0.5, 0.6) is 0 Å². The van der Waals surface area contributed by atoms with Crippen molar-refractivity contribution in [2.75, 3.05) is 7.11 Å². The van der Waals surface area contributed by atoms with Gasteiger partial charge in [0, 0.05) is 6.42 Å². The molecule has 0 radical (unpaired) electrons. The number of amides is 1. The maximum Gasteiger partial charge on any atom is 0.416 e. The number of esters is 1. The minimum Gasteiger partial charge on any atom is -0.467 e. The summed E-state index contributed by atoms with van der Waals surface area (Å²) in [5, 5.41) is 12.4. The monoisotopic (exact) mass is 381 g/mol. The molecule has 0 unspecified atom stereocenters. The fourth-order valence-electron chi connectivity index (χ4n) is 2.57. The SMILES string of the molecule is COC(=O)[C@H](Cc1ccccc1C(F)(F)F)NC(=O)[C@@H](O)c1ccccc1. The maximum atomic E-state index is 13.2. The number of hydrogen-bond donors (Lipinski definition) is 2. The molecule has 1 amide bonds. The number of methoxy groups -OCH3 is 1. The number of aliphatic hydroxyl groups is 1. The zero-order valence-electron chi connectivity index (χ0n) is 14.4. The van der Waals surface area contributed by atoms with Gasteiger partial charge in [0.25, 0.3) is 5.91 Å². The molecule has 0 spiro atoms. The summed E-state index contributed by atoms with van der Waals surface area (Å²) in [5.74, 6) is -1.83. The molecule has 2 atom stereocenters. The van der Waals surface area contributed by atoms with E-state index in [1.807, 2.05) is 0 Å². The van der Waals surface area contributed by atoms with E-state index in [9.17, 15) is 27.9 Å². The number of ether oxygens (including phenoxy) is 1. The quantitative estimate of drug-likeness (QED) is 0.755. The molecule has 0 heterocycles. The smallest absolute Gasteiger partial charge is 0.416 e. The third-order valence-corrected chi connectivity index (χ3v) is 3.91. The molecule has 2 aromatic rings. The predicted molar refractivity (Wildman–Crippen MR) is 90.5 cm³/mol. The molecule has 0 saturated heterocycles. The molecule has 0 aliphatic heterocycles. The Hall–Kier alpha value is -2.87. The van der Waals surface area contributed by atoms with Gasteiger partial charge in [-0.2, -0.15) is 13.2 Å². The molecule has 5 nitrogen and oxygen atoms in total. The largest absolute Gasteiger partial charge is 0.467 e. The first kappa shape index (κ1) is 20.4. The van der Waals surface area contributed by atoms with Gasteiger partial charge in [0.15, 0.2) is 6.10 Å². The van der Waals surface area contributed by atoms with Crippen molar-refractivity contribution in [1.29, 1.82) is 0 Å². The van der Waals surface area contributed by atoms with Gasteiger partial charge in [0.2, 0.25) is 0 Å². The molecule has 2 aromatic carbocycles. The van der Waals surface area contributed by atoms with E-state index in [2.05, 4.69) is 10.1 Å². The predicted octanol–water partition coefficient (Wildman–Crippen LogP) is 2.64. The second kappa shape index (κ2) is 8.68. The van der Waals surface area contributed by atoms with Gasteiger partial charge >= 0.3 is 12.1 Å². The van der Waals surface area contributed by atoms with Crippen LogP contribution in [0.25, 0.3) is 0 Å². The molecule has 2 rings (SSSR count). The number of alkyl halides is 3. The van der Waals surface area contributed by atoms with Crippen molar-refractivity contribution in [1.82, 2.24) is 5.32 Å². The third kappa shape index (κ3) is 5.30. The van der Waals surface area contributed by atoms with E-state index in [0.717, 1.165) is 13.2 Å². The highest BCUT2D eigenvalue weighted by molar-refractivity contribution is 5.87. The molecule has 0 aromatic heterocycles. The summed E-state index contributed by atoms with van der Waals surface area (Å²) in [6.45, 7) is 0. The number of rotatable bonds is 6. The molecular weight excluding hydrogens is 363 g/mol. The Morgan fingerprint density at radius 1 is 1.07 bits per heavy atom. The second-order valence-electron chi connectivity index (χ2n) is 5.76. The van der Waals surface area contributed by atoms with Crippen molar-refractivity contribution in [3.05, 3.63) is 71.3 Å². The Labute approximate surface area is 153 Å². The van der Waals surface area contributed by atoms with Crippen LogP contribution in [0.15, 0.2) is 54.6 Å². The van der Waals surface area contributed by atoms with Gasteiger partial charge in [-0.05, 0) is 17.2 Å². The molecule has 0 aliphatic carbocycles. The minimum atomic E-state index is -4.61. The summed E-state index contributed by atoms with van der Waals surface area (Å²) in [5.41, 5.74) is -0.791. The number of halogens is 3. The maximum absolute atomic E-state index is 13.2. The van der Waals surface area contributed by atoms with Crippen LogP contribution >= 0.6 is 0 Å². The first-order valence-electron chi connectivity index (χ1n) is 8.00. The lowest BCUT2D eigenvalue weighted by Gasteiger charge is -2.21. The molecule has 0 bridgehead atoms. The normalized spacial score (nSPS) is 13.5. The van der Waals surface area contributed by atoms with Gasteiger partial charge in [-0.25, -0.2) is 4.79 Å². The highest BCUT2D eigenvalue weighted by Gasteiger charge is 2.35. The van der Waals surface area contributed by atoms with Crippen molar-refractivity contribution in [3.8, 4) is 0 Å². The number of nitrogens with one attached hydrogen (secondary N) is 1. The third-order valence-electron chi connectivity index (χ3n) is 3.91. The molecule has 144 valence electrons. The van der Waals surface area contributed by atoms with Gasteiger partial charge in [-0.3, -0.25) is 4.79 Å². The van der Waals surface area contributed by atoms with Gasteiger partial charge in [0.05, 0.1) is 12.7 Å². The molecule has 0 fully saturated rings. The highest BCUT2D eigenvalue weighted by Crippen LogP contribution is 2.32. The Kier molecular flexibility index (Phi) is 6.57. The van der Waals surface area contributed by atoms with E-state index in [0.29, 0.717) is 0 Å². The summed E-state index contributed by atoms with van der Waals surface area (Å²) in [6, 6.07) is 11.3. The molecule has 0 saturated carbocycles. The fraction of sp³-hybridized carbons (Fsp3) is 0.263. The number of carbonyl (C=O) groups excluding carboxylic acids is 2. The topological polar surface area (TPSA) is 75.6 Å². The van der Waals surface area contributed by atoms with Crippen LogP contribution in [0.3, 0.4) is 0 Å². The lowest BCUT2D eigenvalue weighted by atomic mass is 9.99. The van der Waals surface area contributed by atoms with Crippen molar-refractivity contribution >= 4 is 11.9 Å². The Bertz CT molecular complexity index is 793. The average molecular weight is 381 g/mol. The highest BCUT2D eigenvalue weighted by atomic mass is 19.4. The fourth-order valence-corrected chi connectivity index (χ4v) is 2.57. The van der Waals surface area contributed by atoms with Crippen LogP contribution in [0.4, 0.5) is 13.2 Å². The van der Waals surface area contributed by atoms with Crippen LogP contribution in [-0.4, -0.2) is 30.1 Å². The Balaban J connectivity index is 2.22. The first-order valence-corrected chi connectivity index (χ1v) is 8.00. The summed E-state index contributed by atoms with van der Waals surface area (Å²) >= 11 is 0. The van der Waals surface area contributed by atoms with Crippen molar-refractivity contribution in [2.24, 2.45) is 0 Å². The minimum absolute atomic E-state index is 0.171. The van der Waals surface area contributed by atoms with Crippen LogP contribution in [0, 0.1) is 0 Å². The Morgan fingerprint density at radius 2 is 1.67 bits per heavy atom. The van der Waals surface area contributed by atoms with Crippen molar-refractivity contribution < 1.29 is 32.6 Å². The van der Waals surface area contributed by atoms with Crippen LogP contribution in [0.1, 0.15) is 22.8 Å². The standard InChI is InChI=1S/C19H18F3NO4/c1-27-18(26)15(11-13-9-5-6-10-14(13)19(20,21)22)23-17(25)16(24)12-7-3-2-4-8-12/h2-10,15-16,24H,11H2,1H3,(H,23,25)/t15-,16-/m0/s1. The lowest BCUT2D eigenvalue weighted by Crippen LogP contribution is -2.45. The van der Waals surface area contributed by atoms with Crippen LogP contribution in [0.2, 0.25) is 0 Å². The molecule has 8 heteroatoms. The van der Waals surface area contributed by atoms with E-state index in [4.69, 9.17) is 0 Å². The number of benzene rings is 2. The number of aliphatic hydroxyl groups excluding tert-OH is 1. The molecule has 2 N–H and O–H groups in total. The van der Waals surface area contributed by atoms with Crippen molar-refractivity contribution in [2.45, 2.75) is 24.7 Å². The number of carbonyl (C=O) groups is 2. The average Bonchev–Trinajstić information content (AvgIpc) is 2.66. The van der Waals surface area contributed by atoms with Crippen LogP contribution < -0.4 is 5.32 Å². The van der Waals surface area contributed by atoms with E-state index in [-0.39, 0.29) is 11.1 Å². The van der Waals surface area contributed by atoms with Crippen LogP contribution in [-0.2, 0) is 26.9 Å². The first-order chi connectivity index (χ1) is 12.7. The van der Waals surface area contributed by atoms with Crippen molar-refractivity contribution in [3.63, 3.8) is 0 Å². The zero-order chi connectivity index (χ0) is 20.0. The summed E-state index contributed by atoms with van der Waals surface area (Å²) in [6.07, 6.45) is -6.61. The van der Waals surface area contributed by atoms with Gasteiger partial charge in [-0.1, -0.05) is 48.5 Å². The van der Waals surface area contributed by atoms with E-state index < -0.39 is 42.2 Å². The summed E-state index contributed by atoms with van der Waals surface area (Å²) < 4.78 is 44.0. The lowest BCUT2D eigenvalue weighted by molar-refractivity contribution is -0.147. The number of hydrogen-bond acceptors (Lipinski definition) is 4. The summed E-state index contributed by atoms with van der Waals surface area (Å²) in [7, 11) is 1.06. The van der Waals surface area contributed by atoms with E-state index in [1.165, 1.54) is 30.3 Å². The van der Waals surface area contributed by atoms with Gasteiger partial charge in [-0.15, -0.1) is 0 Å². The zero-order valence-corrected chi connectivity index (χ0v) is 14.4. The summed E-state index contributed by atoms with van der Waals surface area (Å²) in [4.78, 5) is 24.2. The van der Waals surface area contributed by atoms with Gasteiger partial charge in [0.1, 0.15) is 6.04 Å². The second-order valence-corrected chi connectivity index (χ2v) is 5.76. The molecular formula is C19H18F3NO4. The molecule has 0 aliphatic rings.